The van der Waals surface area contributed by atoms with Crippen molar-refractivity contribution in [1.29, 1.82) is 5.26 Å². The quantitative estimate of drug-likeness (QED) is 0.202. The Morgan fingerprint density at radius 1 is 0.370 bits per heavy atom. The molecule has 0 fully saturated rings. The predicted molar refractivity (Wildman–Crippen MR) is 189 cm³/mol. The number of nitrogens with zero attached hydrogens (tertiary/aromatic N) is 3. The molecule has 8 aromatic rings. The van der Waals surface area contributed by atoms with Gasteiger partial charge in [0, 0.05) is 16.5 Å². The third-order valence-corrected chi connectivity index (χ3v) is 8.57. The smallest absolute Gasteiger partial charge is 0.160 e. The van der Waals surface area contributed by atoms with Crippen LogP contribution in [0.4, 0.5) is 0 Å². The van der Waals surface area contributed by atoms with Crippen molar-refractivity contribution in [3.05, 3.63) is 169 Å². The number of benzene rings is 7. The van der Waals surface area contributed by atoms with E-state index in [1.807, 2.05) is 54.6 Å². The van der Waals surface area contributed by atoms with Gasteiger partial charge in [0.25, 0.3) is 0 Å². The van der Waals surface area contributed by atoms with Crippen molar-refractivity contribution in [1.82, 2.24) is 9.97 Å². The second-order valence-electron chi connectivity index (χ2n) is 11.3. The van der Waals surface area contributed by atoms with Crippen LogP contribution in [0.2, 0.25) is 0 Å². The van der Waals surface area contributed by atoms with Crippen LogP contribution in [0.25, 0.3) is 77.7 Å². The van der Waals surface area contributed by atoms with Gasteiger partial charge in [-0.1, -0.05) is 146 Å². The Morgan fingerprint density at radius 3 is 1.43 bits per heavy atom. The van der Waals surface area contributed by atoms with Gasteiger partial charge in [0.2, 0.25) is 0 Å². The lowest BCUT2D eigenvalue weighted by molar-refractivity contribution is 1.23. The van der Waals surface area contributed by atoms with Crippen LogP contribution in [0.5, 0.6) is 0 Å². The highest BCUT2D eigenvalue weighted by Crippen LogP contribution is 2.37. The summed E-state index contributed by atoms with van der Waals surface area (Å²) in [6.07, 6.45) is 0. The third kappa shape index (κ3) is 4.99. The van der Waals surface area contributed by atoms with Gasteiger partial charge in [-0.15, -0.1) is 0 Å². The van der Waals surface area contributed by atoms with Crippen LogP contribution in [-0.4, -0.2) is 9.97 Å². The topological polar surface area (TPSA) is 49.6 Å². The zero-order valence-corrected chi connectivity index (χ0v) is 24.9. The molecule has 214 valence electrons. The molecule has 46 heavy (non-hydrogen) atoms. The van der Waals surface area contributed by atoms with E-state index in [1.165, 1.54) is 21.9 Å². The minimum atomic E-state index is 0.667. The molecule has 0 aliphatic carbocycles. The summed E-state index contributed by atoms with van der Waals surface area (Å²) in [6, 6.07) is 58.7. The van der Waals surface area contributed by atoms with Gasteiger partial charge in [0.15, 0.2) is 5.82 Å². The molecule has 0 spiro atoms. The van der Waals surface area contributed by atoms with Crippen molar-refractivity contribution >= 4 is 21.7 Å². The fourth-order valence-corrected chi connectivity index (χ4v) is 6.20. The molecule has 0 aliphatic rings. The van der Waals surface area contributed by atoms with Crippen LogP contribution in [0, 0.1) is 11.3 Å². The molecule has 0 saturated carbocycles. The fourth-order valence-electron chi connectivity index (χ4n) is 6.20. The van der Waals surface area contributed by atoms with Crippen molar-refractivity contribution in [2.24, 2.45) is 0 Å². The number of fused-ring (bicyclic) bond motifs is 2. The molecule has 8 rings (SSSR count). The van der Waals surface area contributed by atoms with Gasteiger partial charge in [0.05, 0.1) is 22.8 Å². The Kier molecular flexibility index (Phi) is 6.87. The van der Waals surface area contributed by atoms with Crippen LogP contribution in [0.15, 0.2) is 164 Å². The van der Waals surface area contributed by atoms with E-state index < -0.39 is 0 Å². The molecule has 0 amide bonds. The first-order chi connectivity index (χ1) is 22.7. The highest BCUT2D eigenvalue weighted by molar-refractivity contribution is 6.05. The molecule has 0 radical (unpaired) electrons. The normalized spacial score (nSPS) is 11.0. The van der Waals surface area contributed by atoms with E-state index in [2.05, 4.69) is 115 Å². The molecule has 7 aromatic carbocycles. The summed E-state index contributed by atoms with van der Waals surface area (Å²) < 4.78 is 0. The third-order valence-electron chi connectivity index (χ3n) is 8.57. The molecule has 0 N–H and O–H groups in total. The second-order valence-corrected chi connectivity index (χ2v) is 11.3. The predicted octanol–water partition coefficient (Wildman–Crippen LogP) is 11.0. The Labute approximate surface area is 267 Å². The molecule has 1 heterocycles. The number of hydrogen-bond acceptors (Lipinski definition) is 3. The first kappa shape index (κ1) is 27.2. The first-order valence-corrected chi connectivity index (χ1v) is 15.3. The van der Waals surface area contributed by atoms with Crippen LogP contribution in [-0.2, 0) is 0 Å². The Morgan fingerprint density at radius 2 is 0.848 bits per heavy atom. The zero-order chi connectivity index (χ0) is 30.9. The zero-order valence-electron chi connectivity index (χ0n) is 24.9. The van der Waals surface area contributed by atoms with Crippen molar-refractivity contribution in [3.8, 4) is 62.1 Å². The summed E-state index contributed by atoms with van der Waals surface area (Å²) in [5, 5.41) is 12.6. The monoisotopic (exact) mass is 585 g/mol. The SMILES string of the molecule is N#Cc1ccc(-c2ccc(-c3ccc(-c4ccc(-c5nc(-c6ccccc6)c6ccccc6n5)cc4)c4ccccc34)cc2)cc1. The first-order valence-electron chi connectivity index (χ1n) is 15.3. The molecule has 1 aromatic heterocycles. The fraction of sp³-hybridized carbons (Fsp3) is 0. The lowest BCUT2D eigenvalue weighted by Gasteiger charge is -2.13. The Hall–Kier alpha value is -6.37. The van der Waals surface area contributed by atoms with E-state index in [0.717, 1.165) is 50.0 Å². The number of hydrogen-bond donors (Lipinski definition) is 0. The van der Waals surface area contributed by atoms with E-state index in [4.69, 9.17) is 15.2 Å². The summed E-state index contributed by atoms with van der Waals surface area (Å²) in [5.74, 6) is 0.716. The molecule has 0 atom stereocenters. The number of para-hydroxylation sites is 1. The molecular weight excluding hydrogens is 558 g/mol. The van der Waals surface area contributed by atoms with E-state index >= 15 is 0 Å². The maximum atomic E-state index is 9.12. The van der Waals surface area contributed by atoms with Gasteiger partial charge in [-0.05, 0) is 62.4 Å². The van der Waals surface area contributed by atoms with E-state index in [1.54, 1.807) is 0 Å². The summed E-state index contributed by atoms with van der Waals surface area (Å²) in [6.45, 7) is 0. The van der Waals surface area contributed by atoms with Crippen molar-refractivity contribution in [2.45, 2.75) is 0 Å². The minimum Gasteiger partial charge on any atom is -0.228 e. The Balaban J connectivity index is 1.14. The summed E-state index contributed by atoms with van der Waals surface area (Å²) in [4.78, 5) is 9.99. The number of nitriles is 1. The molecular formula is C43H27N3. The molecule has 3 nitrogen and oxygen atoms in total. The average Bonchev–Trinajstić information content (AvgIpc) is 3.14. The molecule has 0 aliphatic heterocycles. The molecule has 0 unspecified atom stereocenters. The van der Waals surface area contributed by atoms with Gasteiger partial charge < -0.3 is 0 Å². The van der Waals surface area contributed by atoms with E-state index in [0.29, 0.717) is 11.4 Å². The summed E-state index contributed by atoms with van der Waals surface area (Å²) in [7, 11) is 0. The standard InChI is InChI=1S/C43H27N3/c44-28-29-14-16-30(17-15-29)31-18-20-32(21-19-31)36-26-27-37(39-11-5-4-10-38(36)39)33-22-24-35(25-23-33)43-45-41-13-7-6-12-40(41)42(46-43)34-8-2-1-3-9-34/h1-27H. The van der Waals surface area contributed by atoms with Gasteiger partial charge >= 0.3 is 0 Å². The lowest BCUT2D eigenvalue weighted by Crippen LogP contribution is -1.95. The molecule has 3 heteroatoms. The second kappa shape index (κ2) is 11.6. The highest BCUT2D eigenvalue weighted by atomic mass is 14.9. The van der Waals surface area contributed by atoms with Crippen molar-refractivity contribution in [2.75, 3.05) is 0 Å². The summed E-state index contributed by atoms with van der Waals surface area (Å²) >= 11 is 0. The number of aromatic nitrogens is 2. The lowest BCUT2D eigenvalue weighted by atomic mass is 9.91. The maximum absolute atomic E-state index is 9.12. The van der Waals surface area contributed by atoms with Crippen LogP contribution < -0.4 is 0 Å². The Bertz CT molecular complexity index is 2390. The van der Waals surface area contributed by atoms with Crippen LogP contribution >= 0.6 is 0 Å². The largest absolute Gasteiger partial charge is 0.228 e. The van der Waals surface area contributed by atoms with Crippen molar-refractivity contribution < 1.29 is 0 Å². The molecule has 0 bridgehead atoms. The van der Waals surface area contributed by atoms with Crippen LogP contribution in [0.3, 0.4) is 0 Å². The maximum Gasteiger partial charge on any atom is 0.160 e. The summed E-state index contributed by atoms with van der Waals surface area (Å²) in [5.41, 5.74) is 11.5. The van der Waals surface area contributed by atoms with Crippen LogP contribution in [0.1, 0.15) is 5.56 Å². The van der Waals surface area contributed by atoms with Gasteiger partial charge in [0.1, 0.15) is 0 Å². The van der Waals surface area contributed by atoms with Gasteiger partial charge in [-0.2, -0.15) is 5.26 Å². The van der Waals surface area contributed by atoms with Gasteiger partial charge in [-0.25, -0.2) is 9.97 Å². The average molecular weight is 586 g/mol. The van der Waals surface area contributed by atoms with Gasteiger partial charge in [-0.3, -0.25) is 0 Å². The highest BCUT2D eigenvalue weighted by Gasteiger charge is 2.13. The number of rotatable bonds is 5. The van der Waals surface area contributed by atoms with E-state index in [-0.39, 0.29) is 0 Å². The van der Waals surface area contributed by atoms with E-state index in [9.17, 15) is 0 Å². The minimum absolute atomic E-state index is 0.667. The molecule has 0 saturated heterocycles. The van der Waals surface area contributed by atoms with Crippen molar-refractivity contribution in [3.63, 3.8) is 0 Å².